The lowest BCUT2D eigenvalue weighted by Crippen LogP contribution is -2.37. The van der Waals surface area contributed by atoms with Gasteiger partial charge in [0.15, 0.2) is 0 Å². The summed E-state index contributed by atoms with van der Waals surface area (Å²) in [6.45, 7) is 0. The van der Waals surface area contributed by atoms with Gasteiger partial charge in [0.25, 0.3) is 0 Å². The van der Waals surface area contributed by atoms with Crippen LogP contribution in [0.2, 0.25) is 0 Å². The van der Waals surface area contributed by atoms with Crippen LogP contribution in [-0.4, -0.2) is 28.5 Å². The topological polar surface area (TPSA) is 92.4 Å². The fourth-order valence-electron chi connectivity index (χ4n) is 1.26. The molecule has 5 nitrogen and oxygen atoms in total. The van der Waals surface area contributed by atoms with Crippen molar-refractivity contribution in [1.29, 1.82) is 0 Å². The number of aliphatic carboxylic acids is 1. The van der Waals surface area contributed by atoms with E-state index in [9.17, 15) is 22.8 Å². The number of carbonyl (C=O) groups is 2. The summed E-state index contributed by atoms with van der Waals surface area (Å²) in [7, 11) is 0. The monoisotopic (exact) mass is 308 g/mol. The van der Waals surface area contributed by atoms with E-state index in [1.165, 1.54) is 24.3 Å². The summed E-state index contributed by atoms with van der Waals surface area (Å²) in [5, 5.41) is 10.8. The number of carboxylic acids is 1. The summed E-state index contributed by atoms with van der Waals surface area (Å²) in [4.78, 5) is 21.8. The predicted octanol–water partition coefficient (Wildman–Crippen LogP) is 2.04. The number of carbonyl (C=O) groups excluding carboxylic acids is 1. The first-order valence-corrected chi connectivity index (χ1v) is 6.13. The fraction of sp³-hybridized carbons (Fsp3) is 0.273. The van der Waals surface area contributed by atoms with E-state index in [0.29, 0.717) is 0 Å². The van der Waals surface area contributed by atoms with E-state index < -0.39 is 29.8 Å². The Bertz CT molecular complexity index is 491. The van der Waals surface area contributed by atoms with Gasteiger partial charge in [-0.1, -0.05) is 0 Å². The second kappa shape index (κ2) is 6.62. The van der Waals surface area contributed by atoms with Crippen LogP contribution in [0, 0.1) is 0 Å². The average Bonchev–Trinajstić information content (AvgIpc) is 2.28. The minimum atomic E-state index is -4.38. The number of hydrogen-bond donors (Lipinski definition) is 3. The van der Waals surface area contributed by atoms with E-state index in [0.717, 1.165) is 0 Å². The average molecular weight is 308 g/mol. The molecule has 1 aromatic rings. The summed E-state index contributed by atoms with van der Waals surface area (Å²) in [5.41, 5.74) is 1.19. The highest BCUT2D eigenvalue weighted by Gasteiger charge is 2.29. The van der Waals surface area contributed by atoms with E-state index in [1.807, 2.05) is 0 Å². The molecule has 0 fully saturated rings. The van der Waals surface area contributed by atoms with Crippen molar-refractivity contribution in [3.05, 3.63) is 24.3 Å². The molecule has 4 N–H and O–H groups in total. The molecule has 0 aliphatic heterocycles. The van der Waals surface area contributed by atoms with Crippen LogP contribution in [0.25, 0.3) is 0 Å². The number of amides is 1. The predicted molar refractivity (Wildman–Crippen MR) is 67.2 cm³/mol. The van der Waals surface area contributed by atoms with Crippen LogP contribution in [0.4, 0.5) is 18.9 Å². The molecule has 0 aromatic heterocycles. The third-order valence-corrected chi connectivity index (χ3v) is 2.83. The van der Waals surface area contributed by atoms with Crippen LogP contribution < -0.4 is 11.1 Å². The zero-order valence-electron chi connectivity index (χ0n) is 9.98. The first kappa shape index (κ1) is 16.3. The SMILES string of the molecule is NC(CC(=O)O)C(=O)Nc1ccc(SC(F)(F)F)cc1. The molecule has 1 aromatic carbocycles. The summed E-state index contributed by atoms with van der Waals surface area (Å²) in [5.74, 6) is -1.94. The van der Waals surface area contributed by atoms with Gasteiger partial charge >= 0.3 is 11.5 Å². The first-order chi connectivity index (χ1) is 9.17. The van der Waals surface area contributed by atoms with Gasteiger partial charge < -0.3 is 16.2 Å². The normalized spacial score (nSPS) is 12.8. The largest absolute Gasteiger partial charge is 0.481 e. The quantitative estimate of drug-likeness (QED) is 0.724. The van der Waals surface area contributed by atoms with E-state index in [2.05, 4.69) is 5.32 Å². The van der Waals surface area contributed by atoms with Gasteiger partial charge in [-0.25, -0.2) is 0 Å². The van der Waals surface area contributed by atoms with E-state index in [4.69, 9.17) is 10.8 Å². The molecule has 20 heavy (non-hydrogen) atoms. The molecule has 0 heterocycles. The smallest absolute Gasteiger partial charge is 0.446 e. The van der Waals surface area contributed by atoms with Crippen molar-refractivity contribution in [3.63, 3.8) is 0 Å². The Morgan fingerprint density at radius 1 is 1.30 bits per heavy atom. The molecule has 1 amide bonds. The molecule has 0 saturated carbocycles. The van der Waals surface area contributed by atoms with Gasteiger partial charge in [-0.3, -0.25) is 9.59 Å². The zero-order chi connectivity index (χ0) is 15.3. The van der Waals surface area contributed by atoms with Crippen molar-refractivity contribution in [1.82, 2.24) is 0 Å². The van der Waals surface area contributed by atoms with Crippen LogP contribution in [0.5, 0.6) is 0 Å². The number of rotatable bonds is 5. The number of benzene rings is 1. The Morgan fingerprint density at radius 2 is 1.85 bits per heavy atom. The number of halogens is 3. The van der Waals surface area contributed by atoms with Gasteiger partial charge in [0.05, 0.1) is 12.5 Å². The summed E-state index contributed by atoms with van der Waals surface area (Å²) in [6.07, 6.45) is -0.534. The molecule has 0 bridgehead atoms. The van der Waals surface area contributed by atoms with Crippen molar-refractivity contribution in [2.75, 3.05) is 5.32 Å². The van der Waals surface area contributed by atoms with Gasteiger partial charge in [-0.2, -0.15) is 13.2 Å². The highest BCUT2D eigenvalue weighted by molar-refractivity contribution is 8.00. The van der Waals surface area contributed by atoms with Gasteiger partial charge in [-0.05, 0) is 36.0 Å². The molecule has 9 heteroatoms. The highest BCUT2D eigenvalue weighted by atomic mass is 32.2. The summed E-state index contributed by atoms with van der Waals surface area (Å²) >= 11 is -0.272. The molecule has 0 spiro atoms. The number of alkyl halides is 3. The third kappa shape index (κ3) is 5.93. The molecule has 1 unspecified atom stereocenters. The lowest BCUT2D eigenvalue weighted by molar-refractivity contribution is -0.138. The van der Waals surface area contributed by atoms with Gasteiger partial charge in [0, 0.05) is 10.6 Å². The minimum Gasteiger partial charge on any atom is -0.481 e. The number of thioether (sulfide) groups is 1. The maximum atomic E-state index is 12.1. The van der Waals surface area contributed by atoms with E-state index in [-0.39, 0.29) is 22.3 Å². The standard InChI is InChI=1S/C11H11F3N2O3S/c12-11(13,14)20-7-3-1-6(2-4-7)16-10(19)8(15)5-9(17)18/h1-4,8H,5,15H2,(H,16,19)(H,17,18). The van der Waals surface area contributed by atoms with Crippen molar-refractivity contribution in [2.45, 2.75) is 22.9 Å². The molecular formula is C11H11F3N2O3S. The lowest BCUT2D eigenvalue weighted by atomic mass is 10.2. The highest BCUT2D eigenvalue weighted by Crippen LogP contribution is 2.36. The molecule has 1 atom stereocenters. The lowest BCUT2D eigenvalue weighted by Gasteiger charge is -2.11. The van der Waals surface area contributed by atoms with Crippen LogP contribution in [0.15, 0.2) is 29.2 Å². The molecule has 0 saturated heterocycles. The van der Waals surface area contributed by atoms with Crippen molar-refractivity contribution in [2.24, 2.45) is 5.73 Å². The Kier molecular flexibility index (Phi) is 5.40. The Morgan fingerprint density at radius 3 is 2.30 bits per heavy atom. The van der Waals surface area contributed by atoms with Crippen LogP contribution >= 0.6 is 11.8 Å². The Labute approximate surface area is 116 Å². The Hall–Kier alpha value is -1.74. The summed E-state index contributed by atoms with van der Waals surface area (Å²) < 4.78 is 36.3. The van der Waals surface area contributed by atoms with Crippen LogP contribution in [-0.2, 0) is 9.59 Å². The maximum Gasteiger partial charge on any atom is 0.446 e. The second-order valence-electron chi connectivity index (χ2n) is 3.77. The Balaban J connectivity index is 2.61. The van der Waals surface area contributed by atoms with Crippen molar-refractivity contribution >= 4 is 29.3 Å². The molecule has 0 radical (unpaired) electrons. The molecular weight excluding hydrogens is 297 g/mol. The van der Waals surface area contributed by atoms with Gasteiger partial charge in [0.2, 0.25) is 5.91 Å². The van der Waals surface area contributed by atoms with Crippen molar-refractivity contribution < 1.29 is 27.9 Å². The minimum absolute atomic E-state index is 0.0228. The third-order valence-electron chi connectivity index (χ3n) is 2.09. The van der Waals surface area contributed by atoms with Crippen molar-refractivity contribution in [3.8, 4) is 0 Å². The number of carboxylic acid groups (broad SMARTS) is 1. The number of anilines is 1. The molecule has 1 rings (SSSR count). The number of hydrogen-bond acceptors (Lipinski definition) is 4. The van der Waals surface area contributed by atoms with E-state index in [1.54, 1.807) is 0 Å². The van der Waals surface area contributed by atoms with Crippen LogP contribution in [0.3, 0.4) is 0 Å². The summed E-state index contributed by atoms with van der Waals surface area (Å²) in [6, 6.07) is 3.71. The molecule has 0 aliphatic carbocycles. The second-order valence-corrected chi connectivity index (χ2v) is 4.90. The number of nitrogens with two attached hydrogens (primary N) is 1. The maximum absolute atomic E-state index is 12.1. The van der Waals surface area contributed by atoms with Gasteiger partial charge in [-0.15, -0.1) is 0 Å². The van der Waals surface area contributed by atoms with E-state index >= 15 is 0 Å². The zero-order valence-corrected chi connectivity index (χ0v) is 10.8. The molecule has 0 aliphatic rings. The molecule has 110 valence electrons. The van der Waals surface area contributed by atoms with Gasteiger partial charge in [0.1, 0.15) is 0 Å². The van der Waals surface area contributed by atoms with Crippen LogP contribution in [0.1, 0.15) is 6.42 Å². The first-order valence-electron chi connectivity index (χ1n) is 5.31. The fourth-order valence-corrected chi connectivity index (χ4v) is 1.80. The number of nitrogens with one attached hydrogen (secondary N) is 1.